The van der Waals surface area contributed by atoms with E-state index in [1.807, 2.05) is 44.2 Å². The van der Waals surface area contributed by atoms with Gasteiger partial charge in [0.1, 0.15) is 15.4 Å². The third-order valence-corrected chi connectivity index (χ3v) is 4.49. The second-order valence-corrected chi connectivity index (χ2v) is 6.10. The van der Waals surface area contributed by atoms with Gasteiger partial charge in [0.15, 0.2) is 0 Å². The van der Waals surface area contributed by atoms with Crippen LogP contribution in [0.1, 0.15) is 25.3 Å². The number of fused-ring (bicyclic) bond motifs is 1. The highest BCUT2D eigenvalue weighted by Crippen LogP contribution is 2.33. The van der Waals surface area contributed by atoms with Crippen LogP contribution in [0.4, 0.5) is 5.69 Å². The average Bonchev–Trinajstić information content (AvgIpc) is 2.93. The lowest BCUT2D eigenvalue weighted by Gasteiger charge is -2.10. The van der Waals surface area contributed by atoms with Crippen LogP contribution in [0, 0.1) is 6.92 Å². The molecule has 2 heterocycles. The van der Waals surface area contributed by atoms with E-state index < -0.39 is 0 Å². The maximum Gasteiger partial charge on any atom is 0.224 e. The number of nitrogens with zero attached hydrogens (tertiary/aromatic N) is 2. The molecule has 0 bridgehead atoms. The van der Waals surface area contributed by atoms with Crippen LogP contribution in [0.3, 0.4) is 0 Å². The van der Waals surface area contributed by atoms with Crippen LogP contribution in [0.15, 0.2) is 36.5 Å². The van der Waals surface area contributed by atoms with Gasteiger partial charge in [-0.25, -0.2) is 9.97 Å². The van der Waals surface area contributed by atoms with E-state index in [4.69, 9.17) is 0 Å². The van der Waals surface area contributed by atoms with Crippen molar-refractivity contribution in [2.75, 3.05) is 5.32 Å². The highest BCUT2D eigenvalue weighted by molar-refractivity contribution is 7.21. The molecule has 0 aliphatic rings. The van der Waals surface area contributed by atoms with E-state index in [0.29, 0.717) is 6.42 Å². The molecule has 3 rings (SSSR count). The molecule has 1 amide bonds. The second-order valence-electron chi connectivity index (χ2n) is 5.12. The lowest BCUT2D eigenvalue weighted by molar-refractivity contribution is -0.116. The maximum absolute atomic E-state index is 11.8. The van der Waals surface area contributed by atoms with Crippen molar-refractivity contribution in [3.05, 3.63) is 42.1 Å². The number of thiazole rings is 1. The van der Waals surface area contributed by atoms with Crippen molar-refractivity contribution in [1.29, 1.82) is 0 Å². The summed E-state index contributed by atoms with van der Waals surface area (Å²) in [5.74, 6) is 0.0497. The summed E-state index contributed by atoms with van der Waals surface area (Å²) >= 11 is 1.57. The number of hydrogen-bond acceptors (Lipinski definition) is 4. The zero-order valence-electron chi connectivity index (χ0n) is 12.6. The number of rotatable bonds is 4. The monoisotopic (exact) mass is 311 g/mol. The van der Waals surface area contributed by atoms with Gasteiger partial charge >= 0.3 is 0 Å². The van der Waals surface area contributed by atoms with Gasteiger partial charge in [-0.1, -0.05) is 30.4 Å². The van der Waals surface area contributed by atoms with Gasteiger partial charge in [-0.2, -0.15) is 0 Å². The molecule has 0 saturated carbocycles. The molecule has 0 saturated heterocycles. The quantitative estimate of drug-likeness (QED) is 0.776. The minimum absolute atomic E-state index is 0.0497. The van der Waals surface area contributed by atoms with E-state index >= 15 is 0 Å². The summed E-state index contributed by atoms with van der Waals surface area (Å²) in [6, 6.07) is 9.76. The van der Waals surface area contributed by atoms with Crippen molar-refractivity contribution >= 4 is 33.3 Å². The van der Waals surface area contributed by atoms with Gasteiger partial charge in [-0.05, 0) is 37.1 Å². The summed E-state index contributed by atoms with van der Waals surface area (Å²) in [5.41, 5.74) is 3.83. The SMILES string of the molecule is CCCC(=O)Nc1cccc(-c2nc3cccnc3s2)c1C. The lowest BCUT2D eigenvalue weighted by Crippen LogP contribution is -2.11. The van der Waals surface area contributed by atoms with Crippen molar-refractivity contribution < 1.29 is 4.79 Å². The fourth-order valence-corrected chi connectivity index (χ4v) is 3.32. The molecule has 4 nitrogen and oxygen atoms in total. The molecule has 3 aromatic rings. The number of nitrogens with one attached hydrogen (secondary N) is 1. The van der Waals surface area contributed by atoms with Crippen molar-refractivity contribution in [3.63, 3.8) is 0 Å². The molecule has 0 aliphatic carbocycles. The smallest absolute Gasteiger partial charge is 0.224 e. The minimum Gasteiger partial charge on any atom is -0.326 e. The number of aromatic nitrogens is 2. The van der Waals surface area contributed by atoms with E-state index in [0.717, 1.165) is 38.6 Å². The zero-order chi connectivity index (χ0) is 15.5. The molecular formula is C17H17N3OS. The summed E-state index contributed by atoms with van der Waals surface area (Å²) in [4.78, 5) is 21.7. The molecule has 1 aromatic carbocycles. The standard InChI is InChI=1S/C17H17N3OS/c1-3-6-15(21)19-13-8-4-7-12(11(13)2)16-20-14-9-5-10-18-17(14)22-16/h4-5,7-10H,3,6H2,1-2H3,(H,19,21). The Morgan fingerprint density at radius 1 is 1.27 bits per heavy atom. The Labute approximate surface area is 133 Å². The van der Waals surface area contributed by atoms with Crippen LogP contribution in [-0.4, -0.2) is 15.9 Å². The minimum atomic E-state index is 0.0497. The van der Waals surface area contributed by atoms with Crippen molar-refractivity contribution in [2.45, 2.75) is 26.7 Å². The molecule has 2 aromatic heterocycles. The topological polar surface area (TPSA) is 54.9 Å². The average molecular weight is 311 g/mol. The Morgan fingerprint density at radius 3 is 2.91 bits per heavy atom. The predicted octanol–water partition coefficient (Wildman–Crippen LogP) is 4.41. The Morgan fingerprint density at radius 2 is 2.14 bits per heavy atom. The fraction of sp³-hybridized carbons (Fsp3) is 0.235. The van der Waals surface area contributed by atoms with Crippen LogP contribution in [-0.2, 0) is 4.79 Å². The first-order chi connectivity index (χ1) is 10.7. The highest BCUT2D eigenvalue weighted by Gasteiger charge is 2.12. The summed E-state index contributed by atoms with van der Waals surface area (Å²) in [5, 5.41) is 3.91. The maximum atomic E-state index is 11.8. The van der Waals surface area contributed by atoms with Crippen molar-refractivity contribution in [3.8, 4) is 10.6 Å². The molecule has 5 heteroatoms. The highest BCUT2D eigenvalue weighted by atomic mass is 32.1. The van der Waals surface area contributed by atoms with Gasteiger partial charge < -0.3 is 5.32 Å². The van der Waals surface area contributed by atoms with Gasteiger partial charge in [-0.3, -0.25) is 4.79 Å². The molecule has 112 valence electrons. The molecule has 0 unspecified atom stereocenters. The van der Waals surface area contributed by atoms with E-state index in [1.165, 1.54) is 0 Å². The molecule has 0 radical (unpaired) electrons. The molecule has 22 heavy (non-hydrogen) atoms. The number of hydrogen-bond donors (Lipinski definition) is 1. The number of amides is 1. The van der Waals surface area contributed by atoms with Crippen molar-refractivity contribution in [1.82, 2.24) is 9.97 Å². The first kappa shape index (κ1) is 14.7. The summed E-state index contributed by atoms with van der Waals surface area (Å²) < 4.78 is 0. The van der Waals surface area contributed by atoms with Gasteiger partial charge in [-0.15, -0.1) is 0 Å². The van der Waals surface area contributed by atoms with Crippen LogP contribution in [0.25, 0.3) is 20.9 Å². The Kier molecular flexibility index (Phi) is 4.15. The molecule has 0 spiro atoms. The van der Waals surface area contributed by atoms with Crippen LogP contribution in [0.5, 0.6) is 0 Å². The van der Waals surface area contributed by atoms with E-state index in [-0.39, 0.29) is 5.91 Å². The number of pyridine rings is 1. The molecular weight excluding hydrogens is 294 g/mol. The normalized spacial score (nSPS) is 10.8. The largest absolute Gasteiger partial charge is 0.326 e. The van der Waals surface area contributed by atoms with Crippen molar-refractivity contribution in [2.24, 2.45) is 0 Å². The van der Waals surface area contributed by atoms with Gasteiger partial charge in [0, 0.05) is 23.9 Å². The van der Waals surface area contributed by atoms with Crippen LogP contribution >= 0.6 is 11.3 Å². The third kappa shape index (κ3) is 2.85. The predicted molar refractivity (Wildman–Crippen MR) is 91.1 cm³/mol. The lowest BCUT2D eigenvalue weighted by atomic mass is 10.1. The van der Waals surface area contributed by atoms with Crippen LogP contribution < -0.4 is 5.32 Å². The first-order valence-electron chi connectivity index (χ1n) is 7.30. The Balaban J connectivity index is 1.98. The van der Waals surface area contributed by atoms with E-state index in [9.17, 15) is 4.79 Å². The second kappa shape index (κ2) is 6.23. The molecule has 0 fully saturated rings. The molecule has 1 N–H and O–H groups in total. The molecule has 0 atom stereocenters. The summed E-state index contributed by atoms with van der Waals surface area (Å²) in [7, 11) is 0. The summed E-state index contributed by atoms with van der Waals surface area (Å²) in [6.07, 6.45) is 3.15. The third-order valence-electron chi connectivity index (χ3n) is 3.48. The van der Waals surface area contributed by atoms with Crippen LogP contribution in [0.2, 0.25) is 0 Å². The number of carbonyl (C=O) groups excluding carboxylic acids is 1. The fourth-order valence-electron chi connectivity index (χ4n) is 2.33. The first-order valence-corrected chi connectivity index (χ1v) is 8.12. The molecule has 0 aliphatic heterocycles. The number of benzene rings is 1. The zero-order valence-corrected chi connectivity index (χ0v) is 13.4. The van der Waals surface area contributed by atoms with E-state index in [1.54, 1.807) is 17.5 Å². The summed E-state index contributed by atoms with van der Waals surface area (Å²) in [6.45, 7) is 4.01. The van der Waals surface area contributed by atoms with Gasteiger partial charge in [0.05, 0.1) is 0 Å². The Hall–Kier alpha value is -2.27. The Bertz CT molecular complexity index is 793. The van der Waals surface area contributed by atoms with Gasteiger partial charge in [0.25, 0.3) is 0 Å². The number of carbonyl (C=O) groups is 1. The van der Waals surface area contributed by atoms with E-state index in [2.05, 4.69) is 15.3 Å². The number of anilines is 1. The van der Waals surface area contributed by atoms with Gasteiger partial charge in [0.2, 0.25) is 5.91 Å².